The summed E-state index contributed by atoms with van der Waals surface area (Å²) in [6, 6.07) is 4.91. The molecule has 1 aromatic carbocycles. The Morgan fingerprint density at radius 2 is 2.06 bits per heavy atom. The number of anilines is 1. The van der Waals surface area contributed by atoms with Crippen LogP contribution >= 0.6 is 11.8 Å². The lowest BCUT2D eigenvalue weighted by molar-refractivity contribution is 0.0696. The molecule has 0 atom stereocenters. The van der Waals surface area contributed by atoms with Gasteiger partial charge in [-0.15, -0.1) is 11.8 Å². The average molecular weight is 237 g/mol. The summed E-state index contributed by atoms with van der Waals surface area (Å²) < 4.78 is 0. The van der Waals surface area contributed by atoms with E-state index in [9.17, 15) is 4.79 Å². The number of rotatable bonds is 3. The second-order valence-electron chi connectivity index (χ2n) is 4.08. The van der Waals surface area contributed by atoms with Gasteiger partial charge in [0, 0.05) is 15.8 Å². The van der Waals surface area contributed by atoms with Crippen LogP contribution in [0.1, 0.15) is 36.0 Å². The van der Waals surface area contributed by atoms with Crippen LogP contribution in [0.3, 0.4) is 0 Å². The molecule has 1 aliphatic rings. The Hall–Kier alpha value is -1.16. The Morgan fingerprint density at radius 1 is 1.38 bits per heavy atom. The predicted octanol–water partition coefficient (Wildman–Crippen LogP) is 3.00. The smallest absolute Gasteiger partial charge is 0.335 e. The van der Waals surface area contributed by atoms with Crippen molar-refractivity contribution in [2.45, 2.75) is 35.8 Å². The number of aromatic carboxylic acids is 1. The van der Waals surface area contributed by atoms with Gasteiger partial charge in [-0.2, -0.15) is 0 Å². The summed E-state index contributed by atoms with van der Waals surface area (Å²) in [6.07, 6.45) is 4.97. The van der Waals surface area contributed by atoms with Gasteiger partial charge in [0.1, 0.15) is 0 Å². The second-order valence-corrected chi connectivity index (χ2v) is 5.42. The summed E-state index contributed by atoms with van der Waals surface area (Å²) in [5.41, 5.74) is 6.85. The third kappa shape index (κ3) is 2.50. The largest absolute Gasteiger partial charge is 0.478 e. The van der Waals surface area contributed by atoms with Crippen LogP contribution < -0.4 is 5.73 Å². The predicted molar refractivity (Wildman–Crippen MR) is 65.9 cm³/mol. The molecule has 0 radical (unpaired) electrons. The van der Waals surface area contributed by atoms with E-state index in [0.29, 0.717) is 16.5 Å². The molecule has 1 aliphatic carbocycles. The number of carbonyl (C=O) groups is 1. The molecule has 0 unspecified atom stereocenters. The zero-order valence-electron chi connectivity index (χ0n) is 8.98. The maximum atomic E-state index is 10.9. The van der Waals surface area contributed by atoms with Gasteiger partial charge in [-0.05, 0) is 31.0 Å². The van der Waals surface area contributed by atoms with E-state index in [0.717, 1.165) is 4.90 Å². The molecule has 1 saturated carbocycles. The van der Waals surface area contributed by atoms with Crippen LogP contribution in [0.5, 0.6) is 0 Å². The van der Waals surface area contributed by atoms with E-state index in [2.05, 4.69) is 0 Å². The number of nitrogen functional groups attached to an aromatic ring is 1. The highest BCUT2D eigenvalue weighted by Crippen LogP contribution is 2.37. The third-order valence-electron chi connectivity index (χ3n) is 2.86. The second kappa shape index (κ2) is 4.78. The molecular weight excluding hydrogens is 222 g/mol. The van der Waals surface area contributed by atoms with Crippen LogP contribution in [0.4, 0.5) is 5.69 Å². The summed E-state index contributed by atoms with van der Waals surface area (Å²) >= 11 is 1.72. The van der Waals surface area contributed by atoms with Crippen LogP contribution in [0.25, 0.3) is 0 Å². The summed E-state index contributed by atoms with van der Waals surface area (Å²) in [5, 5.41) is 9.51. The summed E-state index contributed by atoms with van der Waals surface area (Å²) in [4.78, 5) is 11.8. The Kier molecular flexibility index (Phi) is 3.39. The van der Waals surface area contributed by atoms with Crippen molar-refractivity contribution in [1.29, 1.82) is 0 Å². The van der Waals surface area contributed by atoms with Crippen molar-refractivity contribution in [2.24, 2.45) is 0 Å². The van der Waals surface area contributed by atoms with Gasteiger partial charge in [0.15, 0.2) is 0 Å². The number of nitrogens with two attached hydrogens (primary N) is 1. The number of carboxylic acids is 1. The minimum absolute atomic E-state index is 0.315. The molecule has 0 bridgehead atoms. The lowest BCUT2D eigenvalue weighted by Crippen LogP contribution is -2.00. The van der Waals surface area contributed by atoms with Gasteiger partial charge in [-0.25, -0.2) is 4.79 Å². The van der Waals surface area contributed by atoms with Gasteiger partial charge in [-0.1, -0.05) is 12.8 Å². The Morgan fingerprint density at radius 3 is 2.69 bits per heavy atom. The molecule has 0 aromatic heterocycles. The molecule has 0 spiro atoms. The van der Waals surface area contributed by atoms with Gasteiger partial charge < -0.3 is 10.8 Å². The molecule has 3 nitrogen and oxygen atoms in total. The molecule has 86 valence electrons. The van der Waals surface area contributed by atoms with Crippen molar-refractivity contribution in [3.63, 3.8) is 0 Å². The molecular formula is C12H15NO2S. The lowest BCUT2D eigenvalue weighted by Gasteiger charge is -2.11. The highest BCUT2D eigenvalue weighted by atomic mass is 32.2. The maximum Gasteiger partial charge on any atom is 0.335 e. The van der Waals surface area contributed by atoms with Gasteiger partial charge >= 0.3 is 5.97 Å². The number of thioether (sulfide) groups is 1. The van der Waals surface area contributed by atoms with Crippen LogP contribution in [0.15, 0.2) is 23.1 Å². The summed E-state index contributed by atoms with van der Waals surface area (Å²) in [5.74, 6) is -0.895. The van der Waals surface area contributed by atoms with Crippen molar-refractivity contribution in [3.8, 4) is 0 Å². The van der Waals surface area contributed by atoms with E-state index in [1.54, 1.807) is 30.0 Å². The minimum atomic E-state index is -0.895. The van der Waals surface area contributed by atoms with Crippen LogP contribution in [0, 0.1) is 0 Å². The first kappa shape index (κ1) is 11.3. The van der Waals surface area contributed by atoms with Crippen molar-refractivity contribution >= 4 is 23.4 Å². The molecule has 0 amide bonds. The first-order chi connectivity index (χ1) is 7.66. The number of hydrogen-bond donors (Lipinski definition) is 2. The van der Waals surface area contributed by atoms with E-state index >= 15 is 0 Å². The van der Waals surface area contributed by atoms with E-state index in [1.807, 2.05) is 0 Å². The van der Waals surface area contributed by atoms with E-state index in [1.165, 1.54) is 25.7 Å². The van der Waals surface area contributed by atoms with Crippen molar-refractivity contribution in [1.82, 2.24) is 0 Å². The van der Waals surface area contributed by atoms with Crippen molar-refractivity contribution in [2.75, 3.05) is 5.73 Å². The number of hydrogen-bond acceptors (Lipinski definition) is 3. The molecule has 3 N–H and O–H groups in total. The van der Waals surface area contributed by atoms with Crippen LogP contribution in [0.2, 0.25) is 0 Å². The van der Waals surface area contributed by atoms with E-state index < -0.39 is 5.97 Å². The Balaban J connectivity index is 2.17. The maximum absolute atomic E-state index is 10.9. The fraction of sp³-hybridized carbons (Fsp3) is 0.417. The molecule has 0 saturated heterocycles. The third-order valence-corrected chi connectivity index (χ3v) is 4.27. The van der Waals surface area contributed by atoms with Gasteiger partial charge in [0.05, 0.1) is 5.56 Å². The molecule has 16 heavy (non-hydrogen) atoms. The zero-order chi connectivity index (χ0) is 11.5. The average Bonchev–Trinajstić information content (AvgIpc) is 2.73. The Bertz CT molecular complexity index is 400. The van der Waals surface area contributed by atoms with E-state index in [4.69, 9.17) is 10.8 Å². The van der Waals surface area contributed by atoms with Crippen molar-refractivity contribution in [3.05, 3.63) is 23.8 Å². The normalized spacial score (nSPS) is 16.5. The fourth-order valence-electron chi connectivity index (χ4n) is 1.96. The van der Waals surface area contributed by atoms with Gasteiger partial charge in [-0.3, -0.25) is 0 Å². The van der Waals surface area contributed by atoms with Gasteiger partial charge in [0.2, 0.25) is 0 Å². The number of carboxylic acid groups (broad SMARTS) is 1. The van der Waals surface area contributed by atoms with Crippen LogP contribution in [-0.2, 0) is 0 Å². The molecule has 1 aromatic rings. The highest BCUT2D eigenvalue weighted by Gasteiger charge is 2.18. The highest BCUT2D eigenvalue weighted by molar-refractivity contribution is 8.00. The summed E-state index contributed by atoms with van der Waals surface area (Å²) in [6.45, 7) is 0. The van der Waals surface area contributed by atoms with Crippen molar-refractivity contribution < 1.29 is 9.90 Å². The molecule has 4 heteroatoms. The standard InChI is InChI=1S/C12H15NO2S/c13-10-6-5-8(12(14)15)7-11(10)16-9-3-1-2-4-9/h5-7,9H,1-4,13H2,(H,14,15). The quantitative estimate of drug-likeness (QED) is 0.793. The Labute approximate surface area is 99.0 Å². The topological polar surface area (TPSA) is 63.3 Å². The number of benzene rings is 1. The van der Waals surface area contributed by atoms with Gasteiger partial charge in [0.25, 0.3) is 0 Å². The molecule has 2 rings (SSSR count). The summed E-state index contributed by atoms with van der Waals surface area (Å²) in [7, 11) is 0. The van der Waals surface area contributed by atoms with Crippen LogP contribution in [-0.4, -0.2) is 16.3 Å². The fourth-order valence-corrected chi connectivity index (χ4v) is 3.28. The SMILES string of the molecule is Nc1ccc(C(=O)O)cc1SC1CCCC1. The first-order valence-corrected chi connectivity index (χ1v) is 6.34. The zero-order valence-corrected chi connectivity index (χ0v) is 9.80. The van der Waals surface area contributed by atoms with E-state index in [-0.39, 0.29) is 0 Å². The minimum Gasteiger partial charge on any atom is -0.478 e. The monoisotopic (exact) mass is 237 g/mol. The molecule has 1 fully saturated rings. The lowest BCUT2D eigenvalue weighted by atomic mass is 10.2. The first-order valence-electron chi connectivity index (χ1n) is 5.46. The molecule has 0 heterocycles. The molecule has 0 aliphatic heterocycles.